The van der Waals surface area contributed by atoms with E-state index in [0.29, 0.717) is 11.6 Å². The number of nitrogens with one attached hydrogen (secondary N) is 1. The van der Waals surface area contributed by atoms with E-state index in [9.17, 15) is 14.9 Å². The van der Waals surface area contributed by atoms with Crippen molar-refractivity contribution in [2.45, 2.75) is 5.88 Å². The second-order valence-corrected chi connectivity index (χ2v) is 4.91. The lowest BCUT2D eigenvalue weighted by Gasteiger charge is -2.06. The molecule has 0 fully saturated rings. The first-order valence-electron chi connectivity index (χ1n) is 5.91. The van der Waals surface area contributed by atoms with Gasteiger partial charge < -0.3 is 5.32 Å². The van der Waals surface area contributed by atoms with Crippen molar-refractivity contribution < 1.29 is 9.72 Å². The second kappa shape index (κ2) is 6.56. The van der Waals surface area contributed by atoms with Crippen molar-refractivity contribution in [3.8, 4) is 0 Å². The molecule has 1 amide bonds. The predicted octanol–water partition coefficient (Wildman–Crippen LogP) is 4.24. The van der Waals surface area contributed by atoms with E-state index in [2.05, 4.69) is 5.32 Å². The molecule has 2 rings (SSSR count). The molecule has 0 saturated carbocycles. The van der Waals surface area contributed by atoms with Crippen LogP contribution in [0.1, 0.15) is 15.9 Å². The number of halogens is 2. The molecule has 108 valence electrons. The van der Waals surface area contributed by atoms with Crippen LogP contribution < -0.4 is 5.32 Å². The third-order valence-electron chi connectivity index (χ3n) is 2.77. The molecule has 0 atom stereocenters. The minimum absolute atomic E-state index is 0.0502. The molecule has 0 heterocycles. The molecule has 7 heteroatoms. The number of carbonyl (C=O) groups excluding carboxylic acids is 1. The summed E-state index contributed by atoms with van der Waals surface area (Å²) >= 11 is 11.4. The monoisotopic (exact) mass is 324 g/mol. The Bertz CT molecular complexity index is 687. The van der Waals surface area contributed by atoms with Gasteiger partial charge in [0.05, 0.1) is 4.92 Å². The number of carbonyl (C=O) groups is 1. The number of hydrogen-bond acceptors (Lipinski definition) is 3. The van der Waals surface area contributed by atoms with Crippen molar-refractivity contribution >= 4 is 40.5 Å². The molecule has 0 aromatic heterocycles. The number of hydrogen-bond donors (Lipinski definition) is 1. The molecule has 0 saturated heterocycles. The number of nitro groups is 1. The molecule has 0 spiro atoms. The largest absolute Gasteiger partial charge is 0.322 e. The van der Waals surface area contributed by atoms with Gasteiger partial charge in [0, 0.05) is 22.7 Å². The van der Waals surface area contributed by atoms with Gasteiger partial charge in [0.15, 0.2) is 0 Å². The molecular formula is C14H10Cl2N2O3. The van der Waals surface area contributed by atoms with E-state index in [1.54, 1.807) is 24.3 Å². The molecular weight excluding hydrogens is 315 g/mol. The molecule has 0 aliphatic heterocycles. The van der Waals surface area contributed by atoms with Crippen molar-refractivity contribution in [1.29, 1.82) is 0 Å². The molecule has 21 heavy (non-hydrogen) atoms. The van der Waals surface area contributed by atoms with E-state index in [1.807, 2.05) is 0 Å². The van der Waals surface area contributed by atoms with Crippen LogP contribution in [0.4, 0.5) is 11.4 Å². The summed E-state index contributed by atoms with van der Waals surface area (Å²) in [6.07, 6.45) is 0. The Kier molecular flexibility index (Phi) is 4.77. The fourth-order valence-electron chi connectivity index (χ4n) is 1.72. The third-order valence-corrected chi connectivity index (χ3v) is 3.31. The third kappa shape index (κ3) is 3.71. The first kappa shape index (κ1) is 15.3. The Morgan fingerprint density at radius 3 is 2.43 bits per heavy atom. The maximum Gasteiger partial charge on any atom is 0.283 e. The van der Waals surface area contributed by atoms with Crippen LogP contribution in [-0.4, -0.2) is 10.8 Å². The fraction of sp³-hybridized carbons (Fsp3) is 0.0714. The molecule has 2 aromatic carbocycles. The van der Waals surface area contributed by atoms with Crippen molar-refractivity contribution in [3.05, 3.63) is 68.7 Å². The van der Waals surface area contributed by atoms with E-state index in [4.69, 9.17) is 23.2 Å². The maximum atomic E-state index is 12.1. The molecule has 5 nitrogen and oxygen atoms in total. The Hall–Kier alpha value is -2.11. The van der Waals surface area contributed by atoms with Gasteiger partial charge in [0.1, 0.15) is 5.56 Å². The molecule has 2 aromatic rings. The van der Waals surface area contributed by atoms with E-state index in [0.717, 1.165) is 11.6 Å². The van der Waals surface area contributed by atoms with Crippen LogP contribution in [0, 0.1) is 10.1 Å². The summed E-state index contributed by atoms with van der Waals surface area (Å²) in [5.74, 6) is -0.200. The molecule has 0 unspecified atom stereocenters. The normalized spacial score (nSPS) is 10.2. The van der Waals surface area contributed by atoms with Crippen LogP contribution in [-0.2, 0) is 5.88 Å². The first-order chi connectivity index (χ1) is 10.0. The van der Waals surface area contributed by atoms with Crippen LogP contribution in [0.2, 0.25) is 5.02 Å². The Morgan fingerprint density at radius 2 is 1.86 bits per heavy atom. The zero-order chi connectivity index (χ0) is 15.4. The maximum absolute atomic E-state index is 12.1. The molecule has 0 bridgehead atoms. The van der Waals surface area contributed by atoms with Crippen LogP contribution in [0.25, 0.3) is 0 Å². The summed E-state index contributed by atoms with van der Waals surface area (Å²) in [4.78, 5) is 22.4. The molecule has 0 radical (unpaired) electrons. The zero-order valence-corrected chi connectivity index (χ0v) is 12.2. The lowest BCUT2D eigenvalue weighted by molar-refractivity contribution is -0.385. The summed E-state index contributed by atoms with van der Waals surface area (Å²) < 4.78 is 0. The van der Waals surface area contributed by atoms with E-state index >= 15 is 0 Å². The fourth-order valence-corrected chi connectivity index (χ4v) is 2.07. The van der Waals surface area contributed by atoms with Gasteiger partial charge in [-0.25, -0.2) is 0 Å². The average molecular weight is 325 g/mol. The van der Waals surface area contributed by atoms with E-state index in [1.165, 1.54) is 12.1 Å². The Labute approximate surface area is 130 Å². The number of nitro benzene ring substituents is 1. The summed E-state index contributed by atoms with van der Waals surface area (Å²) in [6.45, 7) is 0. The highest BCUT2D eigenvalue weighted by Crippen LogP contribution is 2.24. The summed E-state index contributed by atoms with van der Waals surface area (Å²) in [6, 6.07) is 10.8. The average Bonchev–Trinajstić information content (AvgIpc) is 2.47. The number of anilines is 1. The minimum Gasteiger partial charge on any atom is -0.322 e. The first-order valence-corrected chi connectivity index (χ1v) is 6.82. The lowest BCUT2D eigenvalue weighted by Crippen LogP contribution is -2.13. The summed E-state index contributed by atoms with van der Waals surface area (Å²) in [5.41, 5.74) is 1.05. The standard InChI is InChI=1S/C14H10Cl2N2O3/c15-8-9-1-4-11(5-2-9)17-14(19)12-6-3-10(16)7-13(12)18(20)21/h1-7H,8H2,(H,17,19). The van der Waals surface area contributed by atoms with Gasteiger partial charge in [-0.3, -0.25) is 14.9 Å². The van der Waals surface area contributed by atoms with Gasteiger partial charge in [-0.1, -0.05) is 23.7 Å². The Balaban J connectivity index is 2.25. The van der Waals surface area contributed by atoms with Crippen molar-refractivity contribution in [2.75, 3.05) is 5.32 Å². The number of rotatable bonds is 4. The van der Waals surface area contributed by atoms with E-state index < -0.39 is 10.8 Å². The van der Waals surface area contributed by atoms with E-state index in [-0.39, 0.29) is 16.3 Å². The molecule has 0 aliphatic rings. The smallest absolute Gasteiger partial charge is 0.283 e. The number of amides is 1. The predicted molar refractivity (Wildman–Crippen MR) is 82.1 cm³/mol. The molecule has 1 N–H and O–H groups in total. The second-order valence-electron chi connectivity index (χ2n) is 4.20. The minimum atomic E-state index is -0.641. The highest BCUT2D eigenvalue weighted by molar-refractivity contribution is 6.31. The SMILES string of the molecule is O=C(Nc1ccc(CCl)cc1)c1ccc(Cl)cc1[N+](=O)[O-]. The number of nitrogens with zero attached hydrogens (tertiary/aromatic N) is 1. The van der Waals surface area contributed by atoms with Gasteiger partial charge in [0.2, 0.25) is 0 Å². The van der Waals surface area contributed by atoms with Gasteiger partial charge >= 0.3 is 0 Å². The number of benzene rings is 2. The van der Waals surface area contributed by atoms with Gasteiger partial charge in [-0.05, 0) is 29.8 Å². The van der Waals surface area contributed by atoms with Crippen molar-refractivity contribution in [3.63, 3.8) is 0 Å². The summed E-state index contributed by atoms with van der Waals surface area (Å²) in [7, 11) is 0. The highest BCUT2D eigenvalue weighted by atomic mass is 35.5. The van der Waals surface area contributed by atoms with Gasteiger partial charge in [-0.2, -0.15) is 0 Å². The van der Waals surface area contributed by atoms with Gasteiger partial charge in [-0.15, -0.1) is 11.6 Å². The summed E-state index contributed by atoms with van der Waals surface area (Å²) in [5, 5.41) is 13.8. The number of alkyl halides is 1. The van der Waals surface area contributed by atoms with Crippen LogP contribution in [0.5, 0.6) is 0 Å². The highest BCUT2D eigenvalue weighted by Gasteiger charge is 2.20. The van der Waals surface area contributed by atoms with Crippen LogP contribution >= 0.6 is 23.2 Å². The zero-order valence-electron chi connectivity index (χ0n) is 10.7. The molecule has 0 aliphatic carbocycles. The van der Waals surface area contributed by atoms with Gasteiger partial charge in [0.25, 0.3) is 11.6 Å². The Morgan fingerprint density at radius 1 is 1.19 bits per heavy atom. The lowest BCUT2D eigenvalue weighted by atomic mass is 10.1. The van der Waals surface area contributed by atoms with Crippen LogP contribution in [0.15, 0.2) is 42.5 Å². The van der Waals surface area contributed by atoms with Crippen molar-refractivity contribution in [1.82, 2.24) is 0 Å². The van der Waals surface area contributed by atoms with Crippen LogP contribution in [0.3, 0.4) is 0 Å². The van der Waals surface area contributed by atoms with Crippen molar-refractivity contribution in [2.24, 2.45) is 0 Å². The quantitative estimate of drug-likeness (QED) is 0.519. The topological polar surface area (TPSA) is 72.2 Å².